The van der Waals surface area contributed by atoms with Crippen LogP contribution in [0, 0.1) is 0 Å². The Hall–Kier alpha value is -2.04. The molecule has 0 unspecified atom stereocenters. The molecule has 3 rings (SSSR count). The number of fused-ring (bicyclic) bond motifs is 3. The van der Waals surface area contributed by atoms with E-state index in [-0.39, 0.29) is 0 Å². The number of anilines is 1. The average Bonchev–Trinajstić information content (AvgIpc) is 2.59. The summed E-state index contributed by atoms with van der Waals surface area (Å²) in [5, 5.41) is 3.15. The van der Waals surface area contributed by atoms with Gasteiger partial charge in [0.1, 0.15) is 29.7 Å². The zero-order valence-corrected chi connectivity index (χ0v) is 7.44. The smallest absolute Gasteiger partial charge is 0.150 e. The van der Waals surface area contributed by atoms with Crippen LogP contribution in [0.4, 0.5) is 5.82 Å². The molecule has 0 atom stereocenters. The molecule has 14 heavy (non-hydrogen) atoms. The summed E-state index contributed by atoms with van der Waals surface area (Å²) in [6.07, 6.45) is 1.95. The molecule has 3 N–H and O–H groups in total. The third kappa shape index (κ3) is 0.834. The molecule has 0 saturated carbocycles. The summed E-state index contributed by atoms with van der Waals surface area (Å²) >= 11 is 0. The monoisotopic (exact) mass is 187 g/mol. The van der Waals surface area contributed by atoms with E-state index in [1.807, 2.05) is 28.8 Å². The van der Waals surface area contributed by atoms with E-state index in [9.17, 15) is 0 Å². The molecule has 2 aromatic rings. The van der Waals surface area contributed by atoms with Crippen LogP contribution in [0.5, 0.6) is 0 Å². The fourth-order valence-electron chi connectivity index (χ4n) is 1.62. The van der Waals surface area contributed by atoms with Gasteiger partial charge in [-0.25, -0.2) is 9.98 Å². The first kappa shape index (κ1) is 7.37. The zero-order valence-electron chi connectivity index (χ0n) is 7.44. The van der Waals surface area contributed by atoms with Crippen molar-refractivity contribution in [2.24, 2.45) is 10.7 Å². The van der Waals surface area contributed by atoms with Crippen LogP contribution in [0.1, 0.15) is 5.69 Å². The van der Waals surface area contributed by atoms with Crippen LogP contribution >= 0.6 is 0 Å². The Kier molecular flexibility index (Phi) is 1.30. The van der Waals surface area contributed by atoms with Crippen LogP contribution in [0.3, 0.4) is 0 Å². The van der Waals surface area contributed by atoms with Crippen molar-refractivity contribution in [2.45, 2.75) is 0 Å². The van der Waals surface area contributed by atoms with Crippen molar-refractivity contribution in [3.8, 4) is 0 Å². The van der Waals surface area contributed by atoms with Crippen molar-refractivity contribution < 1.29 is 0 Å². The molecule has 0 radical (unpaired) electrons. The number of imidazole rings is 1. The van der Waals surface area contributed by atoms with Crippen LogP contribution < -0.4 is 11.1 Å². The molecular weight excluding hydrogens is 178 g/mol. The van der Waals surface area contributed by atoms with Crippen LogP contribution in [-0.2, 0) is 0 Å². The molecule has 0 saturated heterocycles. The predicted octanol–water partition coefficient (Wildman–Crippen LogP) is 0.423. The number of amidine groups is 1. The molecule has 2 aromatic heterocycles. The van der Waals surface area contributed by atoms with Gasteiger partial charge < -0.3 is 11.1 Å². The van der Waals surface area contributed by atoms with Crippen molar-refractivity contribution in [2.75, 3.05) is 12.0 Å². The van der Waals surface area contributed by atoms with Crippen molar-refractivity contribution in [3.63, 3.8) is 0 Å². The number of rotatable bonds is 0. The molecule has 70 valence electrons. The molecule has 3 heterocycles. The second kappa shape index (κ2) is 2.47. The van der Waals surface area contributed by atoms with E-state index in [2.05, 4.69) is 15.3 Å². The van der Waals surface area contributed by atoms with E-state index in [0.717, 1.165) is 17.2 Å². The Balaban J connectivity index is 2.40. The van der Waals surface area contributed by atoms with E-state index < -0.39 is 0 Å². The highest BCUT2D eigenvalue weighted by Gasteiger charge is 2.17. The quantitative estimate of drug-likeness (QED) is 0.628. The SMILES string of the molecule is NC1=NCNc2c1nc1ccccn21. The average molecular weight is 187 g/mol. The summed E-state index contributed by atoms with van der Waals surface area (Å²) in [6.45, 7) is 0.515. The summed E-state index contributed by atoms with van der Waals surface area (Å²) in [5.41, 5.74) is 7.36. The minimum Gasteiger partial charge on any atom is -0.382 e. The summed E-state index contributed by atoms with van der Waals surface area (Å²) in [6, 6.07) is 5.84. The minimum atomic E-state index is 0.502. The molecule has 0 aromatic carbocycles. The fourth-order valence-corrected chi connectivity index (χ4v) is 1.62. The normalized spacial score (nSPS) is 14.7. The molecule has 0 aliphatic carbocycles. The Morgan fingerprint density at radius 1 is 1.43 bits per heavy atom. The van der Waals surface area contributed by atoms with Crippen LogP contribution in [0.25, 0.3) is 5.65 Å². The maximum atomic E-state index is 5.74. The van der Waals surface area contributed by atoms with Gasteiger partial charge in [0.25, 0.3) is 0 Å². The first-order chi connectivity index (χ1) is 6.86. The van der Waals surface area contributed by atoms with Gasteiger partial charge in [-0.1, -0.05) is 6.07 Å². The fraction of sp³-hybridized carbons (Fsp3) is 0.111. The Morgan fingerprint density at radius 2 is 2.36 bits per heavy atom. The highest BCUT2D eigenvalue weighted by atomic mass is 15.2. The maximum Gasteiger partial charge on any atom is 0.150 e. The van der Waals surface area contributed by atoms with Crippen LogP contribution in [-0.4, -0.2) is 21.9 Å². The van der Waals surface area contributed by atoms with E-state index in [4.69, 9.17) is 5.73 Å². The second-order valence-corrected chi connectivity index (χ2v) is 3.12. The van der Waals surface area contributed by atoms with Gasteiger partial charge in [0.05, 0.1) is 0 Å². The Labute approximate surface area is 80.3 Å². The number of hydrogen-bond acceptors (Lipinski definition) is 4. The third-order valence-electron chi connectivity index (χ3n) is 2.27. The highest BCUT2D eigenvalue weighted by Crippen LogP contribution is 2.19. The van der Waals surface area contributed by atoms with Crippen molar-refractivity contribution in [3.05, 3.63) is 30.1 Å². The molecule has 1 aliphatic rings. The van der Waals surface area contributed by atoms with E-state index in [1.165, 1.54) is 0 Å². The number of nitrogens with zero attached hydrogens (tertiary/aromatic N) is 3. The lowest BCUT2D eigenvalue weighted by atomic mass is 10.3. The van der Waals surface area contributed by atoms with Gasteiger partial charge >= 0.3 is 0 Å². The number of aromatic nitrogens is 2. The molecule has 0 bridgehead atoms. The van der Waals surface area contributed by atoms with Crippen molar-refractivity contribution in [1.29, 1.82) is 0 Å². The molecule has 0 amide bonds. The summed E-state index contributed by atoms with van der Waals surface area (Å²) in [5.74, 6) is 1.43. The maximum absolute atomic E-state index is 5.74. The largest absolute Gasteiger partial charge is 0.382 e. The molecule has 5 heteroatoms. The van der Waals surface area contributed by atoms with Crippen LogP contribution in [0.15, 0.2) is 29.4 Å². The van der Waals surface area contributed by atoms with E-state index in [0.29, 0.717) is 12.5 Å². The lowest BCUT2D eigenvalue weighted by Gasteiger charge is -2.10. The Morgan fingerprint density at radius 3 is 3.29 bits per heavy atom. The molecule has 5 nitrogen and oxygen atoms in total. The number of pyridine rings is 1. The molecular formula is C9H9N5. The van der Waals surface area contributed by atoms with E-state index in [1.54, 1.807) is 0 Å². The Bertz CT molecular complexity index is 525. The van der Waals surface area contributed by atoms with Crippen molar-refractivity contribution >= 4 is 17.3 Å². The molecule has 0 fully saturated rings. The standard InChI is InChI=1S/C9H9N5/c10-8-7-9(12-5-11-8)14-4-2-1-3-6(14)13-7/h1-4,12H,5H2,(H2,10,11). The van der Waals surface area contributed by atoms with Gasteiger partial charge in [0.2, 0.25) is 0 Å². The summed E-state index contributed by atoms with van der Waals surface area (Å²) in [4.78, 5) is 8.45. The zero-order chi connectivity index (χ0) is 9.54. The lowest BCUT2D eigenvalue weighted by molar-refractivity contribution is 1.05. The van der Waals surface area contributed by atoms with Gasteiger partial charge in [0.15, 0.2) is 0 Å². The topological polar surface area (TPSA) is 67.7 Å². The van der Waals surface area contributed by atoms with Crippen LogP contribution in [0.2, 0.25) is 0 Å². The second-order valence-electron chi connectivity index (χ2n) is 3.12. The lowest BCUT2D eigenvalue weighted by Crippen LogP contribution is -2.22. The van der Waals surface area contributed by atoms with Crippen molar-refractivity contribution in [1.82, 2.24) is 9.38 Å². The first-order valence-corrected chi connectivity index (χ1v) is 4.37. The predicted molar refractivity (Wildman–Crippen MR) is 54.4 cm³/mol. The van der Waals surface area contributed by atoms with E-state index >= 15 is 0 Å². The number of hydrogen-bond donors (Lipinski definition) is 2. The minimum absolute atomic E-state index is 0.502. The number of nitrogens with two attached hydrogens (primary N) is 1. The highest BCUT2D eigenvalue weighted by molar-refractivity contribution is 6.02. The van der Waals surface area contributed by atoms with Gasteiger partial charge in [-0.15, -0.1) is 0 Å². The van der Waals surface area contributed by atoms with Gasteiger partial charge in [0, 0.05) is 6.20 Å². The first-order valence-electron chi connectivity index (χ1n) is 4.37. The molecule has 0 spiro atoms. The summed E-state index contributed by atoms with van der Waals surface area (Å²) in [7, 11) is 0. The summed E-state index contributed by atoms with van der Waals surface area (Å²) < 4.78 is 1.97. The van der Waals surface area contributed by atoms with Gasteiger partial charge in [-0.2, -0.15) is 0 Å². The van der Waals surface area contributed by atoms with Gasteiger partial charge in [-0.05, 0) is 12.1 Å². The van der Waals surface area contributed by atoms with Gasteiger partial charge in [-0.3, -0.25) is 4.40 Å². The number of nitrogens with one attached hydrogen (secondary N) is 1. The molecule has 1 aliphatic heterocycles. The number of aliphatic imine (C=N–C) groups is 1. The third-order valence-corrected chi connectivity index (χ3v) is 2.27.